The highest BCUT2D eigenvalue weighted by Gasteiger charge is 2.27. The molecule has 0 radical (unpaired) electrons. The fourth-order valence-electron chi connectivity index (χ4n) is 2.63. The molecule has 104 valence electrons. The fraction of sp³-hybridized carbons (Fsp3) is 0.533. The van der Waals surface area contributed by atoms with Gasteiger partial charge in [-0.2, -0.15) is 0 Å². The monoisotopic (exact) mass is 262 g/mol. The first-order valence-corrected chi connectivity index (χ1v) is 6.81. The van der Waals surface area contributed by atoms with Gasteiger partial charge in [-0.25, -0.2) is 5.90 Å². The number of amides is 1. The Morgan fingerprint density at radius 3 is 2.32 bits per heavy atom. The summed E-state index contributed by atoms with van der Waals surface area (Å²) in [5.41, 5.74) is 1.92. The highest BCUT2D eigenvalue weighted by Crippen LogP contribution is 2.24. The van der Waals surface area contributed by atoms with Crippen LogP contribution in [0.3, 0.4) is 0 Å². The van der Waals surface area contributed by atoms with Crippen LogP contribution in [0.25, 0.3) is 0 Å². The Morgan fingerprint density at radius 1 is 1.21 bits per heavy atom. The third-order valence-corrected chi connectivity index (χ3v) is 4.00. The van der Waals surface area contributed by atoms with E-state index in [4.69, 9.17) is 10.7 Å². The second-order valence-electron chi connectivity index (χ2n) is 5.35. The summed E-state index contributed by atoms with van der Waals surface area (Å²) in [5.74, 6) is 5.30. The van der Waals surface area contributed by atoms with Gasteiger partial charge in [0, 0.05) is 18.7 Å². The topological polar surface area (TPSA) is 55.6 Å². The van der Waals surface area contributed by atoms with Crippen LogP contribution in [0.1, 0.15) is 41.6 Å². The maximum atomic E-state index is 12.4. The number of carbonyl (C=O) groups is 1. The van der Waals surface area contributed by atoms with Gasteiger partial charge in [-0.05, 0) is 44.7 Å². The second-order valence-corrected chi connectivity index (χ2v) is 5.35. The molecular formula is C15H22N2O2. The first kappa shape index (κ1) is 14.0. The second kappa shape index (κ2) is 6.17. The van der Waals surface area contributed by atoms with E-state index in [9.17, 15) is 4.79 Å². The first-order valence-electron chi connectivity index (χ1n) is 6.81. The van der Waals surface area contributed by atoms with Crippen molar-refractivity contribution >= 4 is 5.91 Å². The predicted molar refractivity (Wildman–Crippen MR) is 74.6 cm³/mol. The van der Waals surface area contributed by atoms with Gasteiger partial charge < -0.3 is 9.74 Å². The van der Waals surface area contributed by atoms with Gasteiger partial charge in [-0.1, -0.05) is 17.7 Å². The Hall–Kier alpha value is -1.39. The molecule has 0 atom stereocenters. The highest BCUT2D eigenvalue weighted by atomic mass is 16.6. The van der Waals surface area contributed by atoms with Crippen LogP contribution in [0.2, 0.25) is 0 Å². The van der Waals surface area contributed by atoms with Crippen LogP contribution in [-0.4, -0.2) is 30.0 Å². The molecule has 0 saturated heterocycles. The molecule has 0 unspecified atom stereocenters. The van der Waals surface area contributed by atoms with Crippen molar-refractivity contribution in [3.63, 3.8) is 0 Å². The largest absolute Gasteiger partial charge is 0.339 e. The Morgan fingerprint density at radius 2 is 1.79 bits per heavy atom. The Balaban J connectivity index is 1.98. The summed E-state index contributed by atoms with van der Waals surface area (Å²) in [6.45, 7) is 2.02. The molecule has 4 heteroatoms. The van der Waals surface area contributed by atoms with Gasteiger partial charge in [0.05, 0.1) is 6.10 Å². The summed E-state index contributed by atoms with van der Waals surface area (Å²) >= 11 is 0. The van der Waals surface area contributed by atoms with Crippen molar-refractivity contribution in [2.45, 2.75) is 44.8 Å². The summed E-state index contributed by atoms with van der Waals surface area (Å²) in [4.78, 5) is 19.1. The Kier molecular flexibility index (Phi) is 4.56. The maximum absolute atomic E-state index is 12.4. The standard InChI is InChI=1S/C15H22N2O2/c1-11-3-5-12(6-4-11)15(18)17(2)13-7-9-14(19-16)10-8-13/h3-6,13-14H,7-10,16H2,1-2H3. The van der Waals surface area contributed by atoms with Gasteiger partial charge in [-0.15, -0.1) is 0 Å². The van der Waals surface area contributed by atoms with Crippen molar-refractivity contribution in [3.05, 3.63) is 35.4 Å². The zero-order valence-corrected chi connectivity index (χ0v) is 11.6. The smallest absolute Gasteiger partial charge is 0.253 e. The van der Waals surface area contributed by atoms with E-state index in [-0.39, 0.29) is 12.0 Å². The number of rotatable bonds is 3. The van der Waals surface area contributed by atoms with E-state index >= 15 is 0 Å². The van der Waals surface area contributed by atoms with Crippen molar-refractivity contribution in [2.75, 3.05) is 7.05 Å². The average molecular weight is 262 g/mol. The third-order valence-electron chi connectivity index (χ3n) is 4.00. The van der Waals surface area contributed by atoms with E-state index < -0.39 is 0 Å². The fourth-order valence-corrected chi connectivity index (χ4v) is 2.63. The first-order chi connectivity index (χ1) is 9.11. The molecule has 2 N–H and O–H groups in total. The summed E-state index contributed by atoms with van der Waals surface area (Å²) in [5, 5.41) is 0. The zero-order valence-electron chi connectivity index (χ0n) is 11.6. The van der Waals surface area contributed by atoms with E-state index in [0.717, 1.165) is 31.2 Å². The SMILES string of the molecule is Cc1ccc(C(=O)N(C)C2CCC(ON)CC2)cc1. The lowest BCUT2D eigenvalue weighted by Gasteiger charge is -2.33. The summed E-state index contributed by atoms with van der Waals surface area (Å²) in [6, 6.07) is 8.02. The molecular weight excluding hydrogens is 240 g/mol. The molecule has 1 aliphatic rings. The van der Waals surface area contributed by atoms with Crippen molar-refractivity contribution < 1.29 is 9.63 Å². The molecule has 1 saturated carbocycles. The predicted octanol–water partition coefficient (Wildman–Crippen LogP) is 2.27. The number of aryl methyl sites for hydroxylation is 1. The third kappa shape index (κ3) is 3.33. The van der Waals surface area contributed by atoms with Crippen molar-refractivity contribution in [3.8, 4) is 0 Å². The number of nitrogens with zero attached hydrogens (tertiary/aromatic N) is 1. The Labute approximate surface area is 114 Å². The van der Waals surface area contributed by atoms with E-state index in [2.05, 4.69) is 0 Å². The normalized spacial score (nSPS) is 23.1. The van der Waals surface area contributed by atoms with E-state index in [1.807, 2.05) is 43.1 Å². The number of carbonyl (C=O) groups excluding carboxylic acids is 1. The van der Waals surface area contributed by atoms with Crippen LogP contribution in [0.15, 0.2) is 24.3 Å². The van der Waals surface area contributed by atoms with Gasteiger partial charge in [0.1, 0.15) is 0 Å². The zero-order chi connectivity index (χ0) is 13.8. The minimum absolute atomic E-state index is 0.0946. The molecule has 0 aromatic heterocycles. The quantitative estimate of drug-likeness (QED) is 0.850. The van der Waals surface area contributed by atoms with Crippen LogP contribution < -0.4 is 5.90 Å². The molecule has 1 amide bonds. The highest BCUT2D eigenvalue weighted by molar-refractivity contribution is 5.94. The number of nitrogens with two attached hydrogens (primary N) is 1. The van der Waals surface area contributed by atoms with E-state index in [0.29, 0.717) is 6.04 Å². The molecule has 0 spiro atoms. The van der Waals surface area contributed by atoms with Crippen LogP contribution in [-0.2, 0) is 4.84 Å². The lowest BCUT2D eigenvalue weighted by atomic mass is 9.92. The van der Waals surface area contributed by atoms with Crippen molar-refractivity contribution in [2.24, 2.45) is 5.90 Å². The van der Waals surface area contributed by atoms with Gasteiger partial charge in [0.25, 0.3) is 5.91 Å². The molecule has 0 aliphatic heterocycles. The van der Waals surface area contributed by atoms with Crippen molar-refractivity contribution in [1.29, 1.82) is 0 Å². The van der Waals surface area contributed by atoms with Crippen LogP contribution in [0, 0.1) is 6.92 Å². The maximum Gasteiger partial charge on any atom is 0.253 e. The molecule has 2 rings (SSSR count). The molecule has 1 fully saturated rings. The number of benzene rings is 1. The molecule has 0 bridgehead atoms. The minimum Gasteiger partial charge on any atom is -0.339 e. The van der Waals surface area contributed by atoms with E-state index in [1.54, 1.807) is 0 Å². The lowest BCUT2D eigenvalue weighted by molar-refractivity contribution is 0.00993. The minimum atomic E-state index is 0.0946. The van der Waals surface area contributed by atoms with Gasteiger partial charge in [-0.3, -0.25) is 4.79 Å². The molecule has 1 aromatic carbocycles. The number of hydrogen-bond acceptors (Lipinski definition) is 3. The van der Waals surface area contributed by atoms with E-state index in [1.165, 1.54) is 5.56 Å². The molecule has 1 aromatic rings. The van der Waals surface area contributed by atoms with Gasteiger partial charge in [0.2, 0.25) is 0 Å². The molecule has 4 nitrogen and oxygen atoms in total. The van der Waals surface area contributed by atoms with Crippen LogP contribution >= 0.6 is 0 Å². The van der Waals surface area contributed by atoms with Crippen molar-refractivity contribution in [1.82, 2.24) is 4.90 Å². The van der Waals surface area contributed by atoms with Gasteiger partial charge >= 0.3 is 0 Å². The molecule has 19 heavy (non-hydrogen) atoms. The average Bonchev–Trinajstić information content (AvgIpc) is 2.46. The Bertz CT molecular complexity index is 422. The molecule has 0 heterocycles. The van der Waals surface area contributed by atoms with Crippen LogP contribution in [0.5, 0.6) is 0 Å². The van der Waals surface area contributed by atoms with Crippen LogP contribution in [0.4, 0.5) is 0 Å². The summed E-state index contributed by atoms with van der Waals surface area (Å²) < 4.78 is 0. The molecule has 1 aliphatic carbocycles. The van der Waals surface area contributed by atoms with Gasteiger partial charge in [0.15, 0.2) is 0 Å². The lowest BCUT2D eigenvalue weighted by Crippen LogP contribution is -2.41. The number of hydrogen-bond donors (Lipinski definition) is 1. The summed E-state index contributed by atoms with van der Waals surface area (Å²) in [7, 11) is 1.89. The summed E-state index contributed by atoms with van der Waals surface area (Å²) in [6.07, 6.45) is 3.91.